The third-order valence-corrected chi connectivity index (χ3v) is 5.08. The van der Waals surface area contributed by atoms with E-state index in [-0.39, 0.29) is 0 Å². The van der Waals surface area contributed by atoms with E-state index in [1.807, 2.05) is 17.9 Å². The molecular formula is C20H30N4. The van der Waals surface area contributed by atoms with E-state index in [4.69, 9.17) is 0 Å². The summed E-state index contributed by atoms with van der Waals surface area (Å²) in [6, 6.07) is 10.8. The number of benzene rings is 1. The van der Waals surface area contributed by atoms with E-state index in [0.29, 0.717) is 0 Å². The molecule has 3 rings (SSSR count). The van der Waals surface area contributed by atoms with E-state index < -0.39 is 0 Å². The summed E-state index contributed by atoms with van der Waals surface area (Å²) in [4.78, 5) is 5.08. The fraction of sp³-hybridized carbons (Fsp3) is 0.550. The lowest BCUT2D eigenvalue weighted by Crippen LogP contribution is -2.37. The van der Waals surface area contributed by atoms with Crippen LogP contribution < -0.4 is 0 Å². The lowest BCUT2D eigenvalue weighted by Gasteiger charge is -2.33. The highest BCUT2D eigenvalue weighted by Crippen LogP contribution is 2.19. The minimum atomic E-state index is 0.827. The maximum Gasteiger partial charge on any atom is 0.0534 e. The second-order valence-corrected chi connectivity index (χ2v) is 7.24. The van der Waals surface area contributed by atoms with Crippen LogP contribution in [0.4, 0.5) is 0 Å². The molecule has 0 aliphatic carbocycles. The molecule has 1 saturated heterocycles. The van der Waals surface area contributed by atoms with Crippen molar-refractivity contribution in [3.63, 3.8) is 0 Å². The fourth-order valence-corrected chi connectivity index (χ4v) is 3.59. The molecule has 1 aromatic carbocycles. The van der Waals surface area contributed by atoms with Crippen molar-refractivity contribution in [2.24, 2.45) is 13.0 Å². The summed E-state index contributed by atoms with van der Waals surface area (Å²) in [5.41, 5.74) is 2.75. The molecule has 24 heavy (non-hydrogen) atoms. The molecular weight excluding hydrogens is 296 g/mol. The van der Waals surface area contributed by atoms with Crippen LogP contribution in [0.1, 0.15) is 24.0 Å². The third-order valence-electron chi connectivity index (χ3n) is 5.08. The molecule has 0 amide bonds. The first kappa shape index (κ1) is 17.2. The number of aromatic nitrogens is 2. The summed E-state index contributed by atoms with van der Waals surface area (Å²) >= 11 is 0. The zero-order valence-corrected chi connectivity index (χ0v) is 15.1. The number of hydrogen-bond donors (Lipinski definition) is 0. The smallest absolute Gasteiger partial charge is 0.0534 e. The first-order valence-electron chi connectivity index (χ1n) is 9.11. The average Bonchev–Trinajstić information content (AvgIpc) is 3.00. The summed E-state index contributed by atoms with van der Waals surface area (Å²) in [5.74, 6) is 0.827. The Labute approximate surface area is 146 Å². The molecule has 4 nitrogen and oxygen atoms in total. The number of likely N-dealkylation sites (tertiary alicyclic amines) is 1. The molecule has 4 heteroatoms. The minimum absolute atomic E-state index is 0.827. The first-order chi connectivity index (χ1) is 11.7. The molecule has 0 atom stereocenters. The Bertz CT molecular complexity index is 599. The van der Waals surface area contributed by atoms with Crippen molar-refractivity contribution in [3.8, 4) is 0 Å². The highest BCUT2D eigenvalue weighted by atomic mass is 15.2. The molecule has 0 unspecified atom stereocenters. The van der Waals surface area contributed by atoms with Crippen LogP contribution in [0.15, 0.2) is 42.7 Å². The Morgan fingerprint density at radius 1 is 1.08 bits per heavy atom. The predicted octanol–water partition coefficient (Wildman–Crippen LogP) is 2.81. The van der Waals surface area contributed by atoms with Crippen molar-refractivity contribution in [1.29, 1.82) is 0 Å². The summed E-state index contributed by atoms with van der Waals surface area (Å²) in [6.07, 6.45) is 7.92. The number of rotatable bonds is 7. The zero-order valence-electron chi connectivity index (χ0n) is 15.1. The summed E-state index contributed by atoms with van der Waals surface area (Å²) in [6.45, 7) is 5.81. The minimum Gasteiger partial charge on any atom is -0.306 e. The van der Waals surface area contributed by atoms with Gasteiger partial charge in [0.05, 0.1) is 6.20 Å². The second-order valence-electron chi connectivity index (χ2n) is 7.24. The molecule has 0 bridgehead atoms. The standard InChI is InChI=1S/C20H30N4/c1-22-11-8-19(9-12-22)16-24(17-20-14-21-23(2)15-20)13-10-18-6-4-3-5-7-18/h3-7,14-15,19H,8-13,16-17H2,1-2H3. The van der Waals surface area contributed by atoms with Gasteiger partial charge in [-0.1, -0.05) is 30.3 Å². The SMILES string of the molecule is CN1CCC(CN(CCc2ccccc2)Cc2cnn(C)c2)CC1. The summed E-state index contributed by atoms with van der Waals surface area (Å²) in [5, 5.41) is 4.33. The van der Waals surface area contributed by atoms with Gasteiger partial charge in [0, 0.05) is 38.4 Å². The molecule has 1 aromatic heterocycles. The first-order valence-corrected chi connectivity index (χ1v) is 9.11. The number of nitrogens with zero attached hydrogens (tertiary/aromatic N) is 4. The summed E-state index contributed by atoms with van der Waals surface area (Å²) < 4.78 is 1.90. The van der Waals surface area contributed by atoms with E-state index in [0.717, 1.165) is 25.4 Å². The van der Waals surface area contributed by atoms with Gasteiger partial charge >= 0.3 is 0 Å². The molecule has 0 radical (unpaired) electrons. The maximum absolute atomic E-state index is 4.33. The number of aryl methyl sites for hydroxylation is 1. The third kappa shape index (κ3) is 5.18. The van der Waals surface area contributed by atoms with Gasteiger partial charge in [0.2, 0.25) is 0 Å². The largest absolute Gasteiger partial charge is 0.306 e. The van der Waals surface area contributed by atoms with Crippen LogP contribution in [-0.4, -0.2) is 52.8 Å². The van der Waals surface area contributed by atoms with Crippen LogP contribution >= 0.6 is 0 Å². The highest BCUT2D eigenvalue weighted by molar-refractivity contribution is 5.15. The van der Waals surface area contributed by atoms with E-state index in [1.165, 1.54) is 43.6 Å². The van der Waals surface area contributed by atoms with Crippen molar-refractivity contribution in [2.75, 3.05) is 33.2 Å². The maximum atomic E-state index is 4.33. The van der Waals surface area contributed by atoms with Gasteiger partial charge in [-0.15, -0.1) is 0 Å². The highest BCUT2D eigenvalue weighted by Gasteiger charge is 2.20. The fourth-order valence-electron chi connectivity index (χ4n) is 3.59. The lowest BCUT2D eigenvalue weighted by molar-refractivity contribution is 0.157. The zero-order chi connectivity index (χ0) is 16.8. The number of hydrogen-bond acceptors (Lipinski definition) is 3. The van der Waals surface area contributed by atoms with Crippen LogP contribution in [0.3, 0.4) is 0 Å². The van der Waals surface area contributed by atoms with E-state index >= 15 is 0 Å². The van der Waals surface area contributed by atoms with Crippen molar-refractivity contribution in [3.05, 3.63) is 53.9 Å². The Morgan fingerprint density at radius 3 is 2.50 bits per heavy atom. The van der Waals surface area contributed by atoms with Gasteiger partial charge < -0.3 is 4.90 Å². The predicted molar refractivity (Wildman–Crippen MR) is 98.9 cm³/mol. The number of piperidine rings is 1. The van der Waals surface area contributed by atoms with Crippen LogP contribution in [0.25, 0.3) is 0 Å². The van der Waals surface area contributed by atoms with Gasteiger partial charge in [0.15, 0.2) is 0 Å². The van der Waals surface area contributed by atoms with Gasteiger partial charge in [-0.05, 0) is 50.9 Å². The second kappa shape index (κ2) is 8.45. The molecule has 0 saturated carbocycles. The molecule has 0 spiro atoms. The van der Waals surface area contributed by atoms with Gasteiger partial charge in [0.25, 0.3) is 0 Å². The van der Waals surface area contributed by atoms with Gasteiger partial charge in [-0.3, -0.25) is 9.58 Å². The Morgan fingerprint density at radius 2 is 1.83 bits per heavy atom. The van der Waals surface area contributed by atoms with Gasteiger partial charge in [-0.25, -0.2) is 0 Å². The molecule has 0 N–H and O–H groups in total. The normalized spacial score (nSPS) is 16.8. The van der Waals surface area contributed by atoms with Crippen LogP contribution in [0.5, 0.6) is 0 Å². The van der Waals surface area contributed by atoms with E-state index in [2.05, 4.69) is 58.5 Å². The average molecular weight is 326 g/mol. The Hall–Kier alpha value is -1.65. The Balaban J connectivity index is 1.59. The molecule has 1 aliphatic heterocycles. The van der Waals surface area contributed by atoms with Crippen molar-refractivity contribution < 1.29 is 0 Å². The topological polar surface area (TPSA) is 24.3 Å². The Kier molecular flexibility index (Phi) is 6.05. The molecule has 130 valence electrons. The van der Waals surface area contributed by atoms with Crippen LogP contribution in [0, 0.1) is 5.92 Å². The lowest BCUT2D eigenvalue weighted by atomic mass is 9.96. The van der Waals surface area contributed by atoms with E-state index in [9.17, 15) is 0 Å². The summed E-state index contributed by atoms with van der Waals surface area (Å²) in [7, 11) is 4.23. The van der Waals surface area contributed by atoms with Crippen molar-refractivity contribution >= 4 is 0 Å². The van der Waals surface area contributed by atoms with Crippen LogP contribution in [0.2, 0.25) is 0 Å². The van der Waals surface area contributed by atoms with Crippen molar-refractivity contribution in [2.45, 2.75) is 25.8 Å². The molecule has 2 aromatic rings. The van der Waals surface area contributed by atoms with Gasteiger partial charge in [0.1, 0.15) is 0 Å². The monoisotopic (exact) mass is 326 g/mol. The quantitative estimate of drug-likeness (QED) is 0.782. The van der Waals surface area contributed by atoms with Crippen LogP contribution in [-0.2, 0) is 20.0 Å². The molecule has 2 heterocycles. The molecule has 1 fully saturated rings. The van der Waals surface area contributed by atoms with E-state index in [1.54, 1.807) is 0 Å². The van der Waals surface area contributed by atoms with Crippen molar-refractivity contribution in [1.82, 2.24) is 19.6 Å². The van der Waals surface area contributed by atoms with Gasteiger partial charge in [-0.2, -0.15) is 5.10 Å². The molecule has 1 aliphatic rings.